The third-order valence-corrected chi connectivity index (χ3v) is 2.68. The number of rotatable bonds is 5. The Bertz CT molecular complexity index is 270. The lowest BCUT2D eigenvalue weighted by Gasteiger charge is -2.13. The van der Waals surface area contributed by atoms with Gasteiger partial charge in [-0.3, -0.25) is 0 Å². The van der Waals surface area contributed by atoms with Crippen molar-refractivity contribution >= 4 is 11.6 Å². The molecular weight excluding hydrogens is 198 g/mol. The van der Waals surface area contributed by atoms with Crippen LogP contribution in [0.5, 0.6) is 0 Å². The van der Waals surface area contributed by atoms with Crippen LogP contribution in [-0.2, 0) is 0 Å². The molecule has 1 heterocycles. The zero-order valence-electron chi connectivity index (χ0n) is 9.07. The normalized spacial score (nSPS) is 13.5. The van der Waals surface area contributed by atoms with Gasteiger partial charge in [0.25, 0.3) is 0 Å². The van der Waals surface area contributed by atoms with Gasteiger partial charge in [-0.15, -0.1) is 10.2 Å². The quantitative estimate of drug-likeness (QED) is 0.755. The molecule has 0 fully saturated rings. The van der Waals surface area contributed by atoms with Gasteiger partial charge in [-0.05, 0) is 30.9 Å². The van der Waals surface area contributed by atoms with Crippen LogP contribution in [0.25, 0.3) is 0 Å². The lowest BCUT2D eigenvalue weighted by atomic mass is 10.0. The molecule has 80 valence electrons. The van der Waals surface area contributed by atoms with Gasteiger partial charge in [0.15, 0.2) is 0 Å². The van der Waals surface area contributed by atoms with E-state index in [1.54, 1.807) is 6.33 Å². The summed E-state index contributed by atoms with van der Waals surface area (Å²) in [6.45, 7) is 6.64. The summed E-state index contributed by atoms with van der Waals surface area (Å²) in [6, 6.07) is 0.399. The van der Waals surface area contributed by atoms with Crippen LogP contribution in [0, 0.1) is 5.92 Å². The highest BCUT2D eigenvalue weighted by Gasteiger charge is 2.08. The van der Waals surface area contributed by atoms with Gasteiger partial charge in [0.1, 0.15) is 6.33 Å². The second-order valence-electron chi connectivity index (χ2n) is 4.18. The van der Waals surface area contributed by atoms with E-state index in [-0.39, 0.29) is 0 Å². The van der Waals surface area contributed by atoms with E-state index in [0.29, 0.717) is 11.3 Å². The van der Waals surface area contributed by atoms with Crippen LogP contribution in [0.1, 0.15) is 46.1 Å². The summed E-state index contributed by atoms with van der Waals surface area (Å²) in [5.41, 5.74) is 0. The van der Waals surface area contributed by atoms with Gasteiger partial charge in [0.05, 0.1) is 0 Å². The lowest BCUT2D eigenvalue weighted by molar-refractivity contribution is 0.446. The van der Waals surface area contributed by atoms with Gasteiger partial charge in [0, 0.05) is 6.04 Å². The van der Waals surface area contributed by atoms with Crippen molar-refractivity contribution in [2.24, 2.45) is 5.92 Å². The molecule has 0 aromatic carbocycles. The van der Waals surface area contributed by atoms with Crippen molar-refractivity contribution in [3.05, 3.63) is 11.6 Å². The molecule has 1 aromatic heterocycles. The Labute approximate surface area is 90.5 Å². The first kappa shape index (κ1) is 11.5. The number of nitrogens with zero attached hydrogens (tertiary/aromatic N) is 3. The fraction of sp³-hybridized carbons (Fsp3) is 0.800. The topological polar surface area (TPSA) is 30.7 Å². The molecule has 0 saturated carbocycles. The zero-order chi connectivity index (χ0) is 10.6. The molecule has 0 N–H and O–H groups in total. The highest BCUT2D eigenvalue weighted by molar-refractivity contribution is 6.28. The minimum atomic E-state index is 0.399. The molecule has 0 saturated heterocycles. The maximum absolute atomic E-state index is 5.87. The summed E-state index contributed by atoms with van der Waals surface area (Å²) >= 11 is 5.87. The smallest absolute Gasteiger partial charge is 0.225 e. The standard InChI is InChI=1S/C10H18ClN3/c1-8(2)5-4-6-9(3)14-7-12-13-10(14)11/h7-9H,4-6H2,1-3H3. The van der Waals surface area contributed by atoms with Crippen LogP contribution < -0.4 is 0 Å². The third kappa shape index (κ3) is 3.29. The van der Waals surface area contributed by atoms with E-state index < -0.39 is 0 Å². The molecule has 0 radical (unpaired) electrons. The first-order chi connectivity index (χ1) is 6.61. The van der Waals surface area contributed by atoms with Crippen LogP contribution in [0.3, 0.4) is 0 Å². The molecule has 4 heteroatoms. The van der Waals surface area contributed by atoms with E-state index in [1.807, 2.05) is 4.57 Å². The van der Waals surface area contributed by atoms with E-state index in [0.717, 1.165) is 12.3 Å². The van der Waals surface area contributed by atoms with Crippen molar-refractivity contribution < 1.29 is 0 Å². The summed E-state index contributed by atoms with van der Waals surface area (Å²) in [5, 5.41) is 8.01. The zero-order valence-corrected chi connectivity index (χ0v) is 9.83. The van der Waals surface area contributed by atoms with Crippen molar-refractivity contribution in [3.8, 4) is 0 Å². The van der Waals surface area contributed by atoms with Crippen molar-refractivity contribution in [2.75, 3.05) is 0 Å². The molecule has 0 amide bonds. The minimum Gasteiger partial charge on any atom is -0.302 e. The maximum atomic E-state index is 5.87. The van der Waals surface area contributed by atoms with Crippen molar-refractivity contribution in [1.82, 2.24) is 14.8 Å². The Balaban J connectivity index is 2.36. The Kier molecular flexibility index (Phi) is 4.39. The first-order valence-corrected chi connectivity index (χ1v) is 5.54. The van der Waals surface area contributed by atoms with Crippen LogP contribution in [-0.4, -0.2) is 14.8 Å². The molecule has 0 spiro atoms. The SMILES string of the molecule is CC(C)CCCC(C)n1cnnc1Cl. The number of aromatic nitrogens is 3. The Morgan fingerprint density at radius 3 is 2.57 bits per heavy atom. The van der Waals surface area contributed by atoms with E-state index in [1.165, 1.54) is 12.8 Å². The fourth-order valence-corrected chi connectivity index (χ4v) is 1.74. The van der Waals surface area contributed by atoms with Crippen LogP contribution in [0.2, 0.25) is 5.28 Å². The molecule has 0 aliphatic carbocycles. The monoisotopic (exact) mass is 215 g/mol. The average Bonchev–Trinajstić information content (AvgIpc) is 2.50. The summed E-state index contributed by atoms with van der Waals surface area (Å²) in [4.78, 5) is 0. The summed E-state index contributed by atoms with van der Waals surface area (Å²) in [7, 11) is 0. The van der Waals surface area contributed by atoms with Crippen LogP contribution in [0.15, 0.2) is 6.33 Å². The van der Waals surface area contributed by atoms with Gasteiger partial charge >= 0.3 is 0 Å². The van der Waals surface area contributed by atoms with Crippen molar-refractivity contribution in [3.63, 3.8) is 0 Å². The molecule has 1 aromatic rings. The Morgan fingerprint density at radius 1 is 1.36 bits per heavy atom. The molecule has 14 heavy (non-hydrogen) atoms. The van der Waals surface area contributed by atoms with E-state index in [9.17, 15) is 0 Å². The van der Waals surface area contributed by atoms with E-state index in [2.05, 4.69) is 31.0 Å². The average molecular weight is 216 g/mol. The van der Waals surface area contributed by atoms with Gasteiger partial charge in [-0.2, -0.15) is 0 Å². The Hall–Kier alpha value is -0.570. The number of halogens is 1. The molecule has 1 unspecified atom stereocenters. The molecule has 1 rings (SSSR count). The predicted octanol–water partition coefficient (Wildman–Crippen LogP) is 3.32. The highest BCUT2D eigenvalue weighted by atomic mass is 35.5. The van der Waals surface area contributed by atoms with Crippen LogP contribution >= 0.6 is 11.6 Å². The summed E-state index contributed by atoms with van der Waals surface area (Å²) in [6.07, 6.45) is 5.33. The maximum Gasteiger partial charge on any atom is 0.225 e. The van der Waals surface area contributed by atoms with Gasteiger partial charge in [-0.1, -0.05) is 26.7 Å². The van der Waals surface area contributed by atoms with E-state index >= 15 is 0 Å². The molecule has 3 nitrogen and oxygen atoms in total. The molecule has 0 aliphatic rings. The minimum absolute atomic E-state index is 0.399. The second-order valence-corrected chi connectivity index (χ2v) is 4.52. The molecule has 0 aliphatic heterocycles. The summed E-state index contributed by atoms with van der Waals surface area (Å²) < 4.78 is 1.92. The van der Waals surface area contributed by atoms with Gasteiger partial charge < -0.3 is 4.57 Å². The van der Waals surface area contributed by atoms with Crippen LogP contribution in [0.4, 0.5) is 0 Å². The van der Waals surface area contributed by atoms with Gasteiger partial charge in [0.2, 0.25) is 5.28 Å². The Morgan fingerprint density at radius 2 is 2.07 bits per heavy atom. The molecule has 1 atom stereocenters. The van der Waals surface area contributed by atoms with Crippen molar-refractivity contribution in [2.45, 2.75) is 46.1 Å². The largest absolute Gasteiger partial charge is 0.302 e. The predicted molar refractivity (Wildman–Crippen MR) is 58.4 cm³/mol. The molecule has 0 bridgehead atoms. The lowest BCUT2D eigenvalue weighted by Crippen LogP contribution is -2.04. The van der Waals surface area contributed by atoms with Gasteiger partial charge in [-0.25, -0.2) is 0 Å². The molecular formula is C10H18ClN3. The van der Waals surface area contributed by atoms with Crippen molar-refractivity contribution in [1.29, 1.82) is 0 Å². The third-order valence-electron chi connectivity index (χ3n) is 2.41. The fourth-order valence-electron chi connectivity index (χ4n) is 1.48. The van der Waals surface area contributed by atoms with E-state index in [4.69, 9.17) is 11.6 Å². The highest BCUT2D eigenvalue weighted by Crippen LogP contribution is 2.19. The number of hydrogen-bond donors (Lipinski definition) is 0. The number of hydrogen-bond acceptors (Lipinski definition) is 2. The first-order valence-electron chi connectivity index (χ1n) is 5.16. The second kappa shape index (κ2) is 5.35. The summed E-state index contributed by atoms with van der Waals surface area (Å²) in [5.74, 6) is 0.776.